The third kappa shape index (κ3) is 3.82. The molecule has 0 spiro atoms. The molecule has 0 amide bonds. The topological polar surface area (TPSA) is 63.5 Å². The highest BCUT2D eigenvalue weighted by molar-refractivity contribution is 7.80. The molecule has 1 heterocycles. The van der Waals surface area contributed by atoms with Gasteiger partial charge < -0.3 is 10.2 Å². The summed E-state index contributed by atoms with van der Waals surface area (Å²) in [5, 5.41) is 3.60. The van der Waals surface area contributed by atoms with Gasteiger partial charge in [0.2, 0.25) is 0 Å². The number of rotatable bonds is 3. The van der Waals surface area contributed by atoms with Crippen LogP contribution in [0.3, 0.4) is 0 Å². The Labute approximate surface area is 127 Å². The zero-order valence-corrected chi connectivity index (χ0v) is 11.6. The van der Waals surface area contributed by atoms with Crippen LogP contribution >= 0.6 is 12.2 Å². The zero-order chi connectivity index (χ0) is 16.3. The van der Waals surface area contributed by atoms with E-state index < -0.39 is 17.6 Å². The fraction of sp³-hybridized carbons (Fsp3) is 0.0769. The molecule has 0 aliphatic heterocycles. The lowest BCUT2D eigenvalue weighted by Crippen LogP contribution is -2.23. The second-order valence-electron chi connectivity index (χ2n) is 4.13. The highest BCUT2D eigenvalue weighted by Gasteiger charge is 2.34. The lowest BCUT2D eigenvalue weighted by Gasteiger charge is -2.08. The fourth-order valence-electron chi connectivity index (χ4n) is 1.63. The van der Waals surface area contributed by atoms with E-state index in [1.165, 1.54) is 24.4 Å². The first-order valence-electron chi connectivity index (χ1n) is 5.83. The molecule has 0 saturated heterocycles. The maximum atomic E-state index is 13.2. The molecule has 0 bridgehead atoms. The molecule has 1 aromatic carbocycles. The second-order valence-corrected chi connectivity index (χ2v) is 4.57. The highest BCUT2D eigenvalue weighted by atomic mass is 32.1. The molecule has 116 valence electrons. The zero-order valence-electron chi connectivity index (χ0n) is 10.8. The number of nitrogens with one attached hydrogen (secondary N) is 1. The van der Waals surface area contributed by atoms with Gasteiger partial charge in [0.05, 0.1) is 11.8 Å². The molecule has 0 saturated carbocycles. The number of alkyl halides is 3. The van der Waals surface area contributed by atoms with E-state index in [0.29, 0.717) is 6.07 Å². The minimum Gasteiger partial charge on any atom is -0.455 e. The van der Waals surface area contributed by atoms with Crippen LogP contribution in [0.1, 0.15) is 11.3 Å². The number of nitrogens with two attached hydrogens (primary N) is 1. The average Bonchev–Trinajstić information content (AvgIpc) is 2.86. The van der Waals surface area contributed by atoms with Crippen LogP contribution in [0.4, 0.5) is 17.6 Å². The SMILES string of the molecule is NC(=S)NN=Cc1ccc(-c2ccc(F)c(C(F)(F)F)c2)o1. The predicted molar refractivity (Wildman–Crippen MR) is 76.6 cm³/mol. The summed E-state index contributed by atoms with van der Waals surface area (Å²) >= 11 is 4.53. The summed E-state index contributed by atoms with van der Waals surface area (Å²) in [7, 11) is 0. The Hall–Kier alpha value is -2.42. The van der Waals surface area contributed by atoms with E-state index >= 15 is 0 Å². The third-order valence-electron chi connectivity index (χ3n) is 2.55. The predicted octanol–water partition coefficient (Wildman–Crippen LogP) is 3.27. The van der Waals surface area contributed by atoms with Gasteiger partial charge in [0.1, 0.15) is 17.3 Å². The van der Waals surface area contributed by atoms with E-state index in [1.807, 2.05) is 0 Å². The summed E-state index contributed by atoms with van der Waals surface area (Å²) in [6, 6.07) is 5.54. The number of thiocarbonyl (C=S) groups is 1. The monoisotopic (exact) mass is 331 g/mol. The van der Waals surface area contributed by atoms with Crippen LogP contribution in [0.2, 0.25) is 0 Å². The fourth-order valence-corrected chi connectivity index (χ4v) is 1.69. The molecule has 2 rings (SSSR count). The van der Waals surface area contributed by atoms with Crippen molar-refractivity contribution in [2.45, 2.75) is 6.18 Å². The number of hydrazone groups is 1. The highest BCUT2D eigenvalue weighted by Crippen LogP contribution is 2.34. The summed E-state index contributed by atoms with van der Waals surface area (Å²) in [5.74, 6) is -0.941. The standard InChI is InChI=1S/C13H9F4N3OS/c14-10-3-1-7(5-9(10)13(15,16)17)11-4-2-8(21-11)6-19-20-12(18)22/h1-6H,(H3,18,20,22). The third-order valence-corrected chi connectivity index (χ3v) is 2.64. The maximum absolute atomic E-state index is 13.2. The molecule has 0 aliphatic rings. The van der Waals surface area contributed by atoms with Crippen LogP contribution < -0.4 is 11.2 Å². The van der Waals surface area contributed by atoms with E-state index in [9.17, 15) is 17.6 Å². The van der Waals surface area contributed by atoms with Crippen molar-refractivity contribution in [3.63, 3.8) is 0 Å². The van der Waals surface area contributed by atoms with Gasteiger partial charge in [-0.3, -0.25) is 5.43 Å². The smallest absolute Gasteiger partial charge is 0.419 e. The van der Waals surface area contributed by atoms with Crippen molar-refractivity contribution in [1.82, 2.24) is 5.43 Å². The van der Waals surface area contributed by atoms with Crippen molar-refractivity contribution in [3.05, 3.63) is 47.5 Å². The Morgan fingerprint density at radius 1 is 1.27 bits per heavy atom. The average molecular weight is 331 g/mol. The largest absolute Gasteiger partial charge is 0.455 e. The lowest BCUT2D eigenvalue weighted by atomic mass is 10.1. The van der Waals surface area contributed by atoms with Crippen LogP contribution in [0.25, 0.3) is 11.3 Å². The van der Waals surface area contributed by atoms with E-state index in [1.54, 1.807) is 0 Å². The first-order valence-corrected chi connectivity index (χ1v) is 6.23. The normalized spacial score (nSPS) is 11.8. The van der Waals surface area contributed by atoms with Gasteiger partial charge in [0.15, 0.2) is 5.11 Å². The summed E-state index contributed by atoms with van der Waals surface area (Å²) in [6.45, 7) is 0. The van der Waals surface area contributed by atoms with Gasteiger partial charge in [-0.2, -0.15) is 18.3 Å². The molecule has 22 heavy (non-hydrogen) atoms. The Morgan fingerprint density at radius 2 is 2.00 bits per heavy atom. The molecule has 4 nitrogen and oxygen atoms in total. The molecular formula is C13H9F4N3OS. The summed E-state index contributed by atoms with van der Waals surface area (Å²) < 4.78 is 56.5. The molecule has 9 heteroatoms. The van der Waals surface area contributed by atoms with Gasteiger partial charge in [0.25, 0.3) is 0 Å². The van der Waals surface area contributed by atoms with Crippen molar-refractivity contribution in [2.75, 3.05) is 0 Å². The van der Waals surface area contributed by atoms with Crippen molar-refractivity contribution >= 4 is 23.5 Å². The van der Waals surface area contributed by atoms with E-state index in [0.717, 1.165) is 6.07 Å². The molecule has 0 fully saturated rings. The minimum atomic E-state index is -4.78. The molecule has 2 aromatic rings. The van der Waals surface area contributed by atoms with Gasteiger partial charge in [-0.05, 0) is 42.5 Å². The molecule has 0 unspecified atom stereocenters. The lowest BCUT2D eigenvalue weighted by molar-refractivity contribution is -0.139. The molecule has 0 radical (unpaired) electrons. The number of hydrogen-bond donors (Lipinski definition) is 2. The molecular weight excluding hydrogens is 322 g/mol. The van der Waals surface area contributed by atoms with Crippen LogP contribution in [0, 0.1) is 5.82 Å². The summed E-state index contributed by atoms with van der Waals surface area (Å²) in [6.07, 6.45) is -3.53. The van der Waals surface area contributed by atoms with Crippen molar-refractivity contribution in [2.24, 2.45) is 10.8 Å². The first kappa shape index (κ1) is 16.0. The Bertz CT molecular complexity index is 724. The molecule has 0 atom stereocenters. The Balaban J connectivity index is 2.28. The van der Waals surface area contributed by atoms with Crippen molar-refractivity contribution in [3.8, 4) is 11.3 Å². The molecule has 0 aliphatic carbocycles. The van der Waals surface area contributed by atoms with Gasteiger partial charge in [0, 0.05) is 5.56 Å². The number of furan rings is 1. The number of hydrogen-bond acceptors (Lipinski definition) is 3. The van der Waals surface area contributed by atoms with Crippen molar-refractivity contribution in [1.29, 1.82) is 0 Å². The van der Waals surface area contributed by atoms with Crippen molar-refractivity contribution < 1.29 is 22.0 Å². The van der Waals surface area contributed by atoms with Gasteiger partial charge >= 0.3 is 6.18 Å². The Morgan fingerprint density at radius 3 is 2.64 bits per heavy atom. The van der Waals surface area contributed by atoms with Gasteiger partial charge in [-0.25, -0.2) is 4.39 Å². The quantitative estimate of drug-likeness (QED) is 0.392. The number of halogens is 4. The minimum absolute atomic E-state index is 0.0450. The summed E-state index contributed by atoms with van der Waals surface area (Å²) in [4.78, 5) is 0. The number of benzene rings is 1. The van der Waals surface area contributed by atoms with Crippen LogP contribution in [0.15, 0.2) is 39.9 Å². The van der Waals surface area contributed by atoms with E-state index in [4.69, 9.17) is 10.2 Å². The van der Waals surface area contributed by atoms with Gasteiger partial charge in [-0.15, -0.1) is 0 Å². The van der Waals surface area contributed by atoms with Crippen LogP contribution in [-0.2, 0) is 6.18 Å². The van der Waals surface area contributed by atoms with Gasteiger partial charge in [-0.1, -0.05) is 0 Å². The number of nitrogens with zero attached hydrogens (tertiary/aromatic N) is 1. The van der Waals surface area contributed by atoms with E-state index in [-0.39, 0.29) is 22.2 Å². The summed E-state index contributed by atoms with van der Waals surface area (Å²) in [5.41, 5.74) is 6.20. The Kier molecular flexibility index (Phi) is 4.45. The van der Waals surface area contributed by atoms with Crippen LogP contribution in [-0.4, -0.2) is 11.3 Å². The molecule has 1 aromatic heterocycles. The first-order chi connectivity index (χ1) is 10.3. The second kappa shape index (κ2) is 6.14. The molecule has 3 N–H and O–H groups in total. The maximum Gasteiger partial charge on any atom is 0.419 e. The van der Waals surface area contributed by atoms with Crippen LogP contribution in [0.5, 0.6) is 0 Å². The van der Waals surface area contributed by atoms with E-state index in [2.05, 4.69) is 22.7 Å².